The fraction of sp³-hybridized carbons (Fsp3) is 0.200. The second-order valence-corrected chi connectivity index (χ2v) is 5.13. The van der Waals surface area contributed by atoms with Crippen LogP contribution in [0, 0.1) is 0 Å². The Morgan fingerprint density at radius 1 is 1.26 bits per heavy atom. The topological polar surface area (TPSA) is 116 Å². The predicted octanol–water partition coefficient (Wildman–Crippen LogP) is 0.879. The number of anilines is 2. The molecule has 0 saturated heterocycles. The molecule has 1 aliphatic rings. The van der Waals surface area contributed by atoms with E-state index in [1.54, 1.807) is 30.5 Å². The molecular formula is C15H15N5O3. The lowest BCUT2D eigenvalue weighted by Crippen LogP contribution is -2.41. The normalized spacial score (nSPS) is 16.8. The number of amides is 3. The molecule has 1 aliphatic heterocycles. The lowest BCUT2D eigenvalue weighted by Gasteiger charge is -2.14. The Labute approximate surface area is 131 Å². The zero-order valence-corrected chi connectivity index (χ0v) is 12.1. The van der Waals surface area contributed by atoms with Gasteiger partial charge in [-0.15, -0.1) is 0 Å². The fourth-order valence-corrected chi connectivity index (χ4v) is 2.33. The van der Waals surface area contributed by atoms with Gasteiger partial charge in [0.15, 0.2) is 0 Å². The van der Waals surface area contributed by atoms with Gasteiger partial charge < -0.3 is 16.0 Å². The van der Waals surface area contributed by atoms with Crippen LogP contribution in [0.15, 0.2) is 36.7 Å². The number of para-hydroxylation sites is 1. The van der Waals surface area contributed by atoms with Crippen LogP contribution in [0.3, 0.4) is 0 Å². The SMILES string of the molecule is O=C(CC[C@@H]1NC(=O)c2ccccc2NC1=O)Nc1cn[nH]c1. The number of hydrogen-bond donors (Lipinski definition) is 4. The highest BCUT2D eigenvalue weighted by atomic mass is 16.2. The summed E-state index contributed by atoms with van der Waals surface area (Å²) in [6.07, 6.45) is 3.33. The van der Waals surface area contributed by atoms with E-state index in [2.05, 4.69) is 26.1 Å². The molecule has 0 bridgehead atoms. The fourth-order valence-electron chi connectivity index (χ4n) is 2.33. The van der Waals surface area contributed by atoms with Crippen molar-refractivity contribution in [1.82, 2.24) is 15.5 Å². The van der Waals surface area contributed by atoms with E-state index in [0.717, 1.165) is 0 Å². The first kappa shape index (κ1) is 14.8. The molecule has 3 amide bonds. The molecule has 4 N–H and O–H groups in total. The van der Waals surface area contributed by atoms with Gasteiger partial charge in [-0.05, 0) is 18.6 Å². The molecule has 1 atom stereocenters. The van der Waals surface area contributed by atoms with Crippen LogP contribution in [0.4, 0.5) is 11.4 Å². The standard InChI is InChI=1S/C15H15N5O3/c21-13(18-9-7-16-17-8-9)6-5-12-15(23)19-11-4-2-1-3-10(11)14(22)20-12/h1-4,7-8,12H,5-6H2,(H,16,17)(H,18,21)(H,19,23)(H,20,22)/t12-/m0/s1. The van der Waals surface area contributed by atoms with Gasteiger partial charge in [-0.1, -0.05) is 12.1 Å². The van der Waals surface area contributed by atoms with Crippen molar-refractivity contribution in [3.05, 3.63) is 42.2 Å². The highest BCUT2D eigenvalue weighted by Crippen LogP contribution is 2.19. The zero-order valence-electron chi connectivity index (χ0n) is 12.1. The Hall–Kier alpha value is -3.16. The number of aromatic nitrogens is 2. The van der Waals surface area contributed by atoms with Crippen molar-refractivity contribution in [3.63, 3.8) is 0 Å². The van der Waals surface area contributed by atoms with Gasteiger partial charge >= 0.3 is 0 Å². The molecule has 8 nitrogen and oxygen atoms in total. The lowest BCUT2D eigenvalue weighted by molar-refractivity contribution is -0.118. The third kappa shape index (κ3) is 3.37. The minimum atomic E-state index is -0.759. The summed E-state index contributed by atoms with van der Waals surface area (Å²) in [5, 5.41) is 14.3. The number of rotatable bonds is 4. The highest BCUT2D eigenvalue weighted by Gasteiger charge is 2.27. The molecule has 1 aromatic heterocycles. The van der Waals surface area contributed by atoms with E-state index in [9.17, 15) is 14.4 Å². The summed E-state index contributed by atoms with van der Waals surface area (Å²) in [5.41, 5.74) is 1.43. The van der Waals surface area contributed by atoms with E-state index in [1.165, 1.54) is 6.20 Å². The minimum Gasteiger partial charge on any atom is -0.340 e. The summed E-state index contributed by atoms with van der Waals surface area (Å²) in [6.45, 7) is 0. The molecule has 0 aliphatic carbocycles. The second-order valence-electron chi connectivity index (χ2n) is 5.13. The summed E-state index contributed by atoms with van der Waals surface area (Å²) < 4.78 is 0. The number of carbonyl (C=O) groups is 3. The molecule has 0 fully saturated rings. The summed E-state index contributed by atoms with van der Waals surface area (Å²) >= 11 is 0. The molecule has 2 aromatic rings. The van der Waals surface area contributed by atoms with Gasteiger partial charge in [0.05, 0.1) is 23.1 Å². The van der Waals surface area contributed by atoms with Crippen LogP contribution in [-0.4, -0.2) is 34.0 Å². The number of fused-ring (bicyclic) bond motifs is 1. The van der Waals surface area contributed by atoms with Crippen molar-refractivity contribution in [3.8, 4) is 0 Å². The first-order valence-corrected chi connectivity index (χ1v) is 7.13. The van der Waals surface area contributed by atoms with E-state index < -0.39 is 6.04 Å². The molecule has 1 aromatic carbocycles. The Bertz CT molecular complexity index is 741. The van der Waals surface area contributed by atoms with Crippen molar-refractivity contribution in [2.24, 2.45) is 0 Å². The summed E-state index contributed by atoms with van der Waals surface area (Å²) in [5.74, 6) is -0.922. The van der Waals surface area contributed by atoms with Crippen LogP contribution < -0.4 is 16.0 Å². The van der Waals surface area contributed by atoms with Crippen LogP contribution in [0.2, 0.25) is 0 Å². The van der Waals surface area contributed by atoms with Crippen molar-refractivity contribution in [2.75, 3.05) is 10.6 Å². The number of nitrogens with zero attached hydrogens (tertiary/aromatic N) is 1. The van der Waals surface area contributed by atoms with Gasteiger partial charge in [-0.25, -0.2) is 0 Å². The summed E-state index contributed by atoms with van der Waals surface area (Å²) in [6, 6.07) is 6.01. The molecule has 2 heterocycles. The Morgan fingerprint density at radius 2 is 2.09 bits per heavy atom. The van der Waals surface area contributed by atoms with Crippen molar-refractivity contribution in [2.45, 2.75) is 18.9 Å². The maximum atomic E-state index is 12.2. The smallest absolute Gasteiger partial charge is 0.254 e. The quantitative estimate of drug-likeness (QED) is 0.670. The monoisotopic (exact) mass is 313 g/mol. The third-order valence-electron chi connectivity index (χ3n) is 3.49. The first-order valence-electron chi connectivity index (χ1n) is 7.13. The number of aromatic amines is 1. The second kappa shape index (κ2) is 6.30. The average Bonchev–Trinajstić information content (AvgIpc) is 3.00. The van der Waals surface area contributed by atoms with Crippen molar-refractivity contribution in [1.29, 1.82) is 0 Å². The van der Waals surface area contributed by atoms with Gasteiger partial charge in [0.1, 0.15) is 6.04 Å². The zero-order chi connectivity index (χ0) is 16.2. The number of hydrogen-bond acceptors (Lipinski definition) is 4. The van der Waals surface area contributed by atoms with Crippen molar-refractivity contribution < 1.29 is 14.4 Å². The predicted molar refractivity (Wildman–Crippen MR) is 82.8 cm³/mol. The van der Waals surface area contributed by atoms with Crippen LogP contribution in [0.25, 0.3) is 0 Å². The molecule has 0 spiro atoms. The van der Waals surface area contributed by atoms with Gasteiger partial charge in [0.25, 0.3) is 5.91 Å². The maximum Gasteiger partial charge on any atom is 0.254 e. The summed E-state index contributed by atoms with van der Waals surface area (Å²) in [4.78, 5) is 36.2. The van der Waals surface area contributed by atoms with Gasteiger partial charge in [0, 0.05) is 12.6 Å². The van der Waals surface area contributed by atoms with Gasteiger partial charge in [-0.3, -0.25) is 19.5 Å². The van der Waals surface area contributed by atoms with Crippen molar-refractivity contribution >= 4 is 29.1 Å². The third-order valence-corrected chi connectivity index (χ3v) is 3.49. The minimum absolute atomic E-state index is 0.0971. The van der Waals surface area contributed by atoms with Crippen LogP contribution in [0.5, 0.6) is 0 Å². The largest absolute Gasteiger partial charge is 0.340 e. The van der Waals surface area contributed by atoms with Gasteiger partial charge in [0.2, 0.25) is 11.8 Å². The van der Waals surface area contributed by atoms with E-state index in [0.29, 0.717) is 16.9 Å². The van der Waals surface area contributed by atoms with E-state index in [1.807, 2.05) is 0 Å². The number of benzene rings is 1. The molecule has 0 unspecified atom stereocenters. The summed E-state index contributed by atoms with van der Waals surface area (Å²) in [7, 11) is 0. The average molecular weight is 313 g/mol. The molecule has 8 heteroatoms. The van der Waals surface area contributed by atoms with Gasteiger partial charge in [-0.2, -0.15) is 5.10 Å². The van der Waals surface area contributed by atoms with E-state index in [4.69, 9.17) is 0 Å². The van der Waals surface area contributed by atoms with Crippen LogP contribution in [0.1, 0.15) is 23.2 Å². The first-order chi connectivity index (χ1) is 11.1. The van der Waals surface area contributed by atoms with Crippen LogP contribution >= 0.6 is 0 Å². The van der Waals surface area contributed by atoms with E-state index >= 15 is 0 Å². The molecule has 0 saturated carbocycles. The number of H-pyrrole nitrogens is 1. The maximum absolute atomic E-state index is 12.2. The Morgan fingerprint density at radius 3 is 2.87 bits per heavy atom. The number of nitrogens with one attached hydrogen (secondary N) is 4. The molecular weight excluding hydrogens is 298 g/mol. The Kier molecular flexibility index (Phi) is 4.05. The molecule has 118 valence electrons. The van der Waals surface area contributed by atoms with E-state index in [-0.39, 0.29) is 30.6 Å². The lowest BCUT2D eigenvalue weighted by atomic mass is 10.1. The molecule has 23 heavy (non-hydrogen) atoms. The molecule has 0 radical (unpaired) electrons. The molecule has 3 rings (SSSR count). The Balaban J connectivity index is 1.62. The highest BCUT2D eigenvalue weighted by molar-refractivity contribution is 6.09. The number of carbonyl (C=O) groups excluding carboxylic acids is 3. The van der Waals surface area contributed by atoms with Crippen LogP contribution in [-0.2, 0) is 9.59 Å².